The molecule has 0 saturated carbocycles. The van der Waals surface area contributed by atoms with E-state index in [9.17, 15) is 9.90 Å². The predicted molar refractivity (Wildman–Crippen MR) is 114 cm³/mol. The van der Waals surface area contributed by atoms with Crippen LogP contribution in [0, 0.1) is 0 Å². The summed E-state index contributed by atoms with van der Waals surface area (Å²) in [5, 5.41) is 16.2. The number of aliphatic carboxylic acids is 1. The number of hydrogen-bond donors (Lipinski definition) is 3. The zero-order chi connectivity index (χ0) is 20.9. The second-order valence-electron chi connectivity index (χ2n) is 8.00. The maximum Gasteiger partial charge on any atom is 0.305 e. The van der Waals surface area contributed by atoms with Gasteiger partial charge in [-0.3, -0.25) is 9.69 Å². The first-order chi connectivity index (χ1) is 14.6. The largest absolute Gasteiger partial charge is 0.481 e. The summed E-state index contributed by atoms with van der Waals surface area (Å²) in [6, 6.07) is 7.99. The number of carboxylic acids is 1. The second kappa shape index (κ2) is 9.40. The molecule has 1 atom stereocenters. The lowest BCUT2D eigenvalue weighted by Crippen LogP contribution is -2.59. The van der Waals surface area contributed by atoms with Gasteiger partial charge < -0.3 is 20.5 Å². The summed E-state index contributed by atoms with van der Waals surface area (Å²) in [4.78, 5) is 22.7. The third-order valence-electron chi connectivity index (χ3n) is 5.78. The number of fused-ring (bicyclic) bond motifs is 1. The van der Waals surface area contributed by atoms with Gasteiger partial charge in [-0.25, -0.2) is 9.97 Å². The van der Waals surface area contributed by atoms with Crippen LogP contribution in [0.2, 0.25) is 0 Å². The van der Waals surface area contributed by atoms with E-state index < -0.39 is 5.97 Å². The van der Waals surface area contributed by atoms with Crippen molar-refractivity contribution in [2.24, 2.45) is 0 Å². The molecule has 2 aromatic rings. The Hall–Kier alpha value is -2.71. The highest BCUT2D eigenvalue weighted by Gasteiger charge is 2.29. The Labute approximate surface area is 176 Å². The van der Waals surface area contributed by atoms with Crippen molar-refractivity contribution in [3.05, 3.63) is 47.3 Å². The number of pyridine rings is 2. The number of rotatable bonds is 9. The van der Waals surface area contributed by atoms with Crippen LogP contribution in [0.3, 0.4) is 0 Å². The highest BCUT2D eigenvalue weighted by atomic mass is 16.5. The van der Waals surface area contributed by atoms with Crippen LogP contribution in [-0.4, -0.2) is 65.3 Å². The molecule has 160 valence electrons. The maximum atomic E-state index is 11.3. The fourth-order valence-corrected chi connectivity index (χ4v) is 4.09. The van der Waals surface area contributed by atoms with E-state index in [0.717, 1.165) is 56.1 Å². The Morgan fingerprint density at radius 3 is 2.97 bits per heavy atom. The first kappa shape index (κ1) is 20.6. The highest BCUT2D eigenvalue weighted by Crippen LogP contribution is 2.22. The molecule has 2 aromatic heterocycles. The summed E-state index contributed by atoms with van der Waals surface area (Å²) in [5.74, 6) is 0.742. The molecule has 0 amide bonds. The predicted octanol–water partition coefficient (Wildman–Crippen LogP) is 1.88. The summed E-state index contributed by atoms with van der Waals surface area (Å²) < 4.78 is 5.09. The van der Waals surface area contributed by atoms with Crippen LogP contribution in [0.5, 0.6) is 5.88 Å². The molecule has 0 aliphatic carbocycles. The van der Waals surface area contributed by atoms with Crippen LogP contribution in [0.25, 0.3) is 0 Å². The van der Waals surface area contributed by atoms with Crippen molar-refractivity contribution in [3.8, 4) is 5.88 Å². The van der Waals surface area contributed by atoms with Gasteiger partial charge in [0.15, 0.2) is 0 Å². The standard InChI is InChI=1S/C22H29N5O3/c1-30-20-7-5-16(12-24-20)19(11-21(28)29)25-18-13-27(14-18)10-8-17-6-4-15-3-2-9-23-22(15)26-17/h4-7,12,18-19,25H,2-3,8-11,13-14H2,1H3,(H,23,26)(H,28,29). The highest BCUT2D eigenvalue weighted by molar-refractivity contribution is 5.68. The summed E-state index contributed by atoms with van der Waals surface area (Å²) in [7, 11) is 1.56. The number of likely N-dealkylation sites (tertiary alicyclic amines) is 1. The summed E-state index contributed by atoms with van der Waals surface area (Å²) in [6.07, 6.45) is 4.91. The average molecular weight is 412 g/mol. The Morgan fingerprint density at radius 2 is 2.23 bits per heavy atom. The molecule has 4 rings (SSSR count). The Bertz CT molecular complexity index is 868. The van der Waals surface area contributed by atoms with Gasteiger partial charge in [-0.2, -0.15) is 0 Å². The molecule has 1 fully saturated rings. The zero-order valence-corrected chi connectivity index (χ0v) is 17.3. The summed E-state index contributed by atoms with van der Waals surface area (Å²) in [6.45, 7) is 3.77. The van der Waals surface area contributed by atoms with Crippen LogP contribution in [0.1, 0.15) is 35.7 Å². The number of anilines is 1. The van der Waals surface area contributed by atoms with Crippen molar-refractivity contribution in [2.75, 3.05) is 38.6 Å². The Kier molecular flexibility index (Phi) is 6.44. The smallest absolute Gasteiger partial charge is 0.305 e. The molecule has 2 aliphatic rings. The van der Waals surface area contributed by atoms with Crippen molar-refractivity contribution >= 4 is 11.8 Å². The lowest BCUT2D eigenvalue weighted by molar-refractivity contribution is -0.137. The van der Waals surface area contributed by atoms with E-state index in [2.05, 4.69) is 32.7 Å². The van der Waals surface area contributed by atoms with E-state index in [1.54, 1.807) is 19.4 Å². The van der Waals surface area contributed by atoms with E-state index in [1.165, 1.54) is 12.0 Å². The number of nitrogens with one attached hydrogen (secondary N) is 2. The number of methoxy groups -OCH3 is 1. The van der Waals surface area contributed by atoms with E-state index in [-0.39, 0.29) is 18.5 Å². The molecule has 0 spiro atoms. The lowest BCUT2D eigenvalue weighted by Gasteiger charge is -2.41. The first-order valence-electron chi connectivity index (χ1n) is 10.5. The minimum atomic E-state index is -0.827. The zero-order valence-electron chi connectivity index (χ0n) is 17.3. The molecule has 8 nitrogen and oxygen atoms in total. The number of hydrogen-bond acceptors (Lipinski definition) is 7. The SMILES string of the molecule is COc1ccc(C(CC(=O)O)NC2CN(CCc3ccc4c(n3)NCCC4)C2)cn1. The van der Waals surface area contributed by atoms with Gasteiger partial charge in [-0.05, 0) is 30.0 Å². The van der Waals surface area contributed by atoms with E-state index in [4.69, 9.17) is 9.72 Å². The van der Waals surface area contributed by atoms with Crippen molar-refractivity contribution in [2.45, 2.75) is 37.8 Å². The minimum Gasteiger partial charge on any atom is -0.481 e. The summed E-state index contributed by atoms with van der Waals surface area (Å²) >= 11 is 0. The van der Waals surface area contributed by atoms with Gasteiger partial charge in [-0.15, -0.1) is 0 Å². The molecule has 1 unspecified atom stereocenters. The van der Waals surface area contributed by atoms with Crippen LogP contribution in [-0.2, 0) is 17.6 Å². The third-order valence-corrected chi connectivity index (χ3v) is 5.78. The monoisotopic (exact) mass is 411 g/mol. The molecule has 1 saturated heterocycles. The number of aryl methyl sites for hydroxylation is 1. The molecule has 0 radical (unpaired) electrons. The minimum absolute atomic E-state index is 0.0244. The number of carboxylic acid groups (broad SMARTS) is 1. The van der Waals surface area contributed by atoms with E-state index in [0.29, 0.717) is 5.88 Å². The fraction of sp³-hybridized carbons (Fsp3) is 0.500. The molecule has 0 bridgehead atoms. The molecule has 2 aliphatic heterocycles. The Morgan fingerprint density at radius 1 is 1.37 bits per heavy atom. The van der Waals surface area contributed by atoms with Crippen molar-refractivity contribution < 1.29 is 14.6 Å². The topological polar surface area (TPSA) is 99.6 Å². The third kappa shape index (κ3) is 5.06. The van der Waals surface area contributed by atoms with Crippen molar-refractivity contribution in [3.63, 3.8) is 0 Å². The van der Waals surface area contributed by atoms with Crippen molar-refractivity contribution in [1.29, 1.82) is 0 Å². The molecular formula is C22H29N5O3. The number of nitrogens with zero attached hydrogens (tertiary/aromatic N) is 3. The molecule has 0 aromatic carbocycles. The summed E-state index contributed by atoms with van der Waals surface area (Å²) in [5.41, 5.74) is 3.30. The van der Waals surface area contributed by atoms with Crippen LogP contribution in [0.4, 0.5) is 5.82 Å². The van der Waals surface area contributed by atoms with Gasteiger partial charge in [0.2, 0.25) is 5.88 Å². The van der Waals surface area contributed by atoms with Gasteiger partial charge in [-0.1, -0.05) is 12.1 Å². The lowest BCUT2D eigenvalue weighted by atomic mass is 10.0. The fourth-order valence-electron chi connectivity index (χ4n) is 4.09. The van der Waals surface area contributed by atoms with Crippen LogP contribution in [0.15, 0.2) is 30.5 Å². The molecular weight excluding hydrogens is 382 g/mol. The second-order valence-corrected chi connectivity index (χ2v) is 8.00. The average Bonchev–Trinajstić information content (AvgIpc) is 2.74. The van der Waals surface area contributed by atoms with Crippen LogP contribution < -0.4 is 15.4 Å². The van der Waals surface area contributed by atoms with Crippen LogP contribution >= 0.6 is 0 Å². The maximum absolute atomic E-state index is 11.3. The first-order valence-corrected chi connectivity index (χ1v) is 10.5. The normalized spacial score (nSPS) is 17.5. The van der Waals surface area contributed by atoms with Gasteiger partial charge in [0, 0.05) is 62.6 Å². The van der Waals surface area contributed by atoms with E-state index in [1.807, 2.05) is 6.07 Å². The van der Waals surface area contributed by atoms with Crippen molar-refractivity contribution in [1.82, 2.24) is 20.2 Å². The van der Waals surface area contributed by atoms with Gasteiger partial charge in [0.25, 0.3) is 0 Å². The van der Waals surface area contributed by atoms with Gasteiger partial charge in [0.05, 0.1) is 13.5 Å². The Balaban J connectivity index is 1.26. The molecule has 8 heteroatoms. The molecule has 3 N–H and O–H groups in total. The van der Waals surface area contributed by atoms with Gasteiger partial charge >= 0.3 is 5.97 Å². The molecule has 4 heterocycles. The number of aromatic nitrogens is 2. The number of ether oxygens (including phenoxy) is 1. The van der Waals surface area contributed by atoms with E-state index >= 15 is 0 Å². The molecule has 30 heavy (non-hydrogen) atoms. The quantitative estimate of drug-likeness (QED) is 0.575. The number of carbonyl (C=O) groups is 1. The van der Waals surface area contributed by atoms with Gasteiger partial charge in [0.1, 0.15) is 5.82 Å².